The molecule has 1 unspecified atom stereocenters. The molecule has 1 aliphatic heterocycles. The third kappa shape index (κ3) is 5.48. The first-order chi connectivity index (χ1) is 19.2. The number of aromatic nitrogens is 1. The fraction of sp³-hybridized carbons (Fsp3) is 0.267. The van der Waals surface area contributed by atoms with Gasteiger partial charge in [-0.05, 0) is 45.4 Å². The molecule has 3 aromatic rings. The van der Waals surface area contributed by atoms with E-state index in [2.05, 4.69) is 11.6 Å². The summed E-state index contributed by atoms with van der Waals surface area (Å²) in [4.78, 5) is 45.5. The van der Waals surface area contributed by atoms with Crippen LogP contribution >= 0.6 is 11.3 Å². The van der Waals surface area contributed by atoms with Gasteiger partial charge in [0.1, 0.15) is 17.2 Å². The Labute approximate surface area is 236 Å². The van der Waals surface area contributed by atoms with Crippen LogP contribution in [0.15, 0.2) is 60.7 Å². The Hall–Kier alpha value is -4.44. The van der Waals surface area contributed by atoms with Crippen LogP contribution in [0.5, 0.6) is 11.5 Å². The Morgan fingerprint density at radius 3 is 2.40 bits per heavy atom. The molecule has 1 aromatic heterocycles. The fourth-order valence-corrected chi connectivity index (χ4v) is 5.31. The summed E-state index contributed by atoms with van der Waals surface area (Å²) >= 11 is 0.930. The number of benzene rings is 2. The van der Waals surface area contributed by atoms with E-state index in [1.54, 1.807) is 49.4 Å². The van der Waals surface area contributed by atoms with Crippen LogP contribution in [0.2, 0.25) is 0 Å². The van der Waals surface area contributed by atoms with Crippen molar-refractivity contribution in [2.75, 3.05) is 24.7 Å². The lowest BCUT2D eigenvalue weighted by Gasteiger charge is -2.24. The van der Waals surface area contributed by atoms with Gasteiger partial charge in [-0.3, -0.25) is 14.5 Å². The Balaban J connectivity index is 1.92. The second-order valence-corrected chi connectivity index (χ2v) is 9.88. The molecule has 1 saturated heterocycles. The van der Waals surface area contributed by atoms with Gasteiger partial charge in [0.25, 0.3) is 5.78 Å². The minimum Gasteiger partial charge on any atom is -0.507 e. The molecule has 40 heavy (non-hydrogen) atoms. The average molecular weight is 563 g/mol. The summed E-state index contributed by atoms with van der Waals surface area (Å²) in [5.74, 6) is -1.78. The van der Waals surface area contributed by atoms with Gasteiger partial charge in [0.05, 0.1) is 30.5 Å². The van der Waals surface area contributed by atoms with Gasteiger partial charge in [0.2, 0.25) is 0 Å². The zero-order chi connectivity index (χ0) is 29.0. The number of ketones is 1. The van der Waals surface area contributed by atoms with E-state index in [-0.39, 0.29) is 27.9 Å². The van der Waals surface area contributed by atoms with E-state index in [1.165, 1.54) is 11.0 Å². The molecule has 0 spiro atoms. The molecule has 0 bridgehead atoms. The molecule has 0 aliphatic carbocycles. The van der Waals surface area contributed by atoms with E-state index in [0.29, 0.717) is 41.5 Å². The Bertz CT molecular complexity index is 1490. The number of anilines is 1. The average Bonchev–Trinajstić information content (AvgIpc) is 3.45. The summed E-state index contributed by atoms with van der Waals surface area (Å²) < 4.78 is 16.6. The number of nitrogens with zero attached hydrogens (tertiary/aromatic N) is 2. The maximum atomic E-state index is 13.5. The molecule has 9 nitrogen and oxygen atoms in total. The minimum atomic E-state index is -1.06. The van der Waals surface area contributed by atoms with Crippen LogP contribution in [0.4, 0.5) is 5.13 Å². The van der Waals surface area contributed by atoms with Crippen molar-refractivity contribution < 1.29 is 33.7 Å². The predicted octanol–water partition coefficient (Wildman–Crippen LogP) is 5.53. The lowest BCUT2D eigenvalue weighted by molar-refractivity contribution is -0.132. The lowest BCUT2D eigenvalue weighted by Crippen LogP contribution is -2.29. The standard InChI is InChI=1S/C30H30N2O7S/c1-6-15-39-29(36)27-18(5)31-30(40-27)32-24(20-13-14-21(37-7-2)22(16-20)38-8-3)23(26(34)28(32)35)25(33)19-11-9-17(4)10-12-19/h6,9-14,16,24,33H,1,7-8,15H2,2-5H3/b25-23+. The van der Waals surface area contributed by atoms with E-state index < -0.39 is 23.7 Å². The van der Waals surface area contributed by atoms with Crippen LogP contribution in [0.25, 0.3) is 5.76 Å². The number of rotatable bonds is 10. The Morgan fingerprint density at radius 2 is 1.75 bits per heavy atom. The minimum absolute atomic E-state index is 0.0129. The predicted molar refractivity (Wildman–Crippen MR) is 152 cm³/mol. The molecule has 1 amide bonds. The van der Waals surface area contributed by atoms with Crippen molar-refractivity contribution >= 4 is 39.9 Å². The number of amides is 1. The first kappa shape index (κ1) is 28.6. The molecule has 0 radical (unpaired) electrons. The number of carbonyl (C=O) groups is 3. The highest BCUT2D eigenvalue weighted by molar-refractivity contribution is 7.17. The number of thiazole rings is 1. The fourth-order valence-electron chi connectivity index (χ4n) is 4.32. The van der Waals surface area contributed by atoms with Gasteiger partial charge >= 0.3 is 11.9 Å². The van der Waals surface area contributed by atoms with Gasteiger partial charge in [0, 0.05) is 5.56 Å². The molecule has 208 valence electrons. The van der Waals surface area contributed by atoms with Crippen molar-refractivity contribution in [2.24, 2.45) is 0 Å². The van der Waals surface area contributed by atoms with Crippen molar-refractivity contribution in [1.29, 1.82) is 0 Å². The maximum Gasteiger partial charge on any atom is 0.350 e. The highest BCUT2D eigenvalue weighted by Gasteiger charge is 2.48. The van der Waals surface area contributed by atoms with Gasteiger partial charge in [-0.25, -0.2) is 9.78 Å². The summed E-state index contributed by atoms with van der Waals surface area (Å²) in [6.07, 6.45) is 1.45. The molecule has 1 N–H and O–H groups in total. The smallest absolute Gasteiger partial charge is 0.350 e. The van der Waals surface area contributed by atoms with Crippen LogP contribution in [0.1, 0.15) is 51.9 Å². The van der Waals surface area contributed by atoms with Gasteiger partial charge in [-0.2, -0.15) is 0 Å². The first-order valence-corrected chi connectivity index (χ1v) is 13.6. The quantitative estimate of drug-likeness (QED) is 0.113. The van der Waals surface area contributed by atoms with Crippen molar-refractivity contribution in [2.45, 2.75) is 33.7 Å². The largest absolute Gasteiger partial charge is 0.507 e. The van der Waals surface area contributed by atoms with Crippen molar-refractivity contribution in [1.82, 2.24) is 4.98 Å². The van der Waals surface area contributed by atoms with Crippen LogP contribution in [-0.2, 0) is 14.3 Å². The molecular formula is C30H30N2O7S. The van der Waals surface area contributed by atoms with E-state index in [0.717, 1.165) is 16.9 Å². The normalized spacial score (nSPS) is 16.2. The van der Waals surface area contributed by atoms with E-state index in [9.17, 15) is 19.5 Å². The number of carbonyl (C=O) groups excluding carboxylic acids is 3. The molecule has 10 heteroatoms. The topological polar surface area (TPSA) is 115 Å². The van der Waals surface area contributed by atoms with E-state index in [1.807, 2.05) is 20.8 Å². The van der Waals surface area contributed by atoms with Crippen LogP contribution in [0.3, 0.4) is 0 Å². The highest BCUT2D eigenvalue weighted by Crippen LogP contribution is 2.45. The van der Waals surface area contributed by atoms with Gasteiger partial charge < -0.3 is 19.3 Å². The molecule has 2 aromatic carbocycles. The molecule has 2 heterocycles. The van der Waals surface area contributed by atoms with Crippen molar-refractivity contribution in [3.8, 4) is 11.5 Å². The van der Waals surface area contributed by atoms with Crippen LogP contribution in [0, 0.1) is 13.8 Å². The molecular weight excluding hydrogens is 532 g/mol. The number of Topliss-reactive ketones (excluding diaryl/α,β-unsaturated/α-hetero) is 1. The summed E-state index contributed by atoms with van der Waals surface area (Å²) in [7, 11) is 0. The number of ether oxygens (including phenoxy) is 3. The summed E-state index contributed by atoms with van der Waals surface area (Å²) in [6.45, 7) is 11.5. The number of esters is 1. The maximum absolute atomic E-state index is 13.5. The van der Waals surface area contributed by atoms with Gasteiger partial charge in [-0.1, -0.05) is 59.9 Å². The molecule has 1 atom stereocenters. The number of aliphatic hydroxyl groups is 1. The third-order valence-corrected chi connectivity index (χ3v) is 7.30. The lowest BCUT2D eigenvalue weighted by atomic mass is 9.95. The second kappa shape index (κ2) is 12.2. The van der Waals surface area contributed by atoms with E-state index >= 15 is 0 Å². The molecule has 1 fully saturated rings. The van der Waals surface area contributed by atoms with Crippen molar-refractivity contribution in [3.63, 3.8) is 0 Å². The Kier molecular flexibility index (Phi) is 8.69. The monoisotopic (exact) mass is 562 g/mol. The number of hydrogen-bond acceptors (Lipinski definition) is 9. The highest BCUT2D eigenvalue weighted by atomic mass is 32.1. The number of aliphatic hydroxyl groups excluding tert-OH is 1. The second-order valence-electron chi connectivity index (χ2n) is 8.91. The summed E-state index contributed by atoms with van der Waals surface area (Å²) in [5.41, 5.74) is 2.08. The molecule has 1 aliphatic rings. The first-order valence-electron chi connectivity index (χ1n) is 12.7. The van der Waals surface area contributed by atoms with Gasteiger partial charge in [0.15, 0.2) is 16.6 Å². The number of aryl methyl sites for hydroxylation is 2. The summed E-state index contributed by atoms with van der Waals surface area (Å²) in [5, 5.41) is 11.5. The van der Waals surface area contributed by atoms with E-state index in [4.69, 9.17) is 14.2 Å². The van der Waals surface area contributed by atoms with Crippen molar-refractivity contribution in [3.05, 3.63) is 88.0 Å². The zero-order valence-corrected chi connectivity index (χ0v) is 23.5. The van der Waals surface area contributed by atoms with Crippen LogP contribution < -0.4 is 14.4 Å². The third-order valence-electron chi connectivity index (χ3n) is 6.16. The molecule has 0 saturated carbocycles. The molecule has 4 rings (SSSR count). The van der Waals surface area contributed by atoms with Gasteiger partial charge in [-0.15, -0.1) is 0 Å². The Morgan fingerprint density at radius 1 is 1.07 bits per heavy atom. The zero-order valence-electron chi connectivity index (χ0n) is 22.7. The van der Waals surface area contributed by atoms with Crippen LogP contribution in [-0.4, -0.2) is 47.6 Å². The SMILES string of the molecule is C=CCOC(=O)c1sc(N2C(=O)C(=O)/C(=C(/O)c3ccc(C)cc3)C2c2ccc(OCC)c(OCC)c2)nc1C. The number of hydrogen-bond donors (Lipinski definition) is 1. The summed E-state index contributed by atoms with van der Waals surface area (Å²) in [6, 6.07) is 11.0.